The van der Waals surface area contributed by atoms with Crippen LogP contribution < -0.4 is 5.32 Å². The molecule has 1 aromatic heterocycles. The first kappa shape index (κ1) is 17.4. The van der Waals surface area contributed by atoms with Crippen molar-refractivity contribution in [1.82, 2.24) is 14.6 Å². The van der Waals surface area contributed by atoms with Crippen LogP contribution >= 0.6 is 15.9 Å². The van der Waals surface area contributed by atoms with Gasteiger partial charge in [0.25, 0.3) is 5.91 Å². The van der Waals surface area contributed by atoms with Crippen LogP contribution in [0.3, 0.4) is 0 Å². The molecular weight excluding hydrogens is 370 g/mol. The number of rotatable bonds is 5. The molecule has 0 bridgehead atoms. The number of sulfonamides is 1. The second kappa shape index (κ2) is 7.52. The van der Waals surface area contributed by atoms with E-state index in [0.29, 0.717) is 37.9 Å². The van der Waals surface area contributed by atoms with Crippen molar-refractivity contribution in [3.63, 3.8) is 0 Å². The molecule has 1 aromatic rings. The second-order valence-corrected chi connectivity index (χ2v) is 8.36. The van der Waals surface area contributed by atoms with Gasteiger partial charge in [-0.3, -0.25) is 9.78 Å². The summed E-state index contributed by atoms with van der Waals surface area (Å²) in [6, 6.07) is 1.71. The lowest BCUT2D eigenvalue weighted by Crippen LogP contribution is -2.47. The predicted molar refractivity (Wildman–Crippen MR) is 88.1 cm³/mol. The molecule has 1 fully saturated rings. The van der Waals surface area contributed by atoms with Crippen molar-refractivity contribution >= 4 is 31.9 Å². The van der Waals surface area contributed by atoms with E-state index < -0.39 is 10.0 Å². The lowest BCUT2D eigenvalue weighted by molar-refractivity contribution is 0.0923. The Morgan fingerprint density at radius 1 is 1.41 bits per heavy atom. The van der Waals surface area contributed by atoms with Crippen molar-refractivity contribution in [3.05, 3.63) is 28.5 Å². The Hall–Kier alpha value is -0.990. The number of hydrogen-bond acceptors (Lipinski definition) is 4. The van der Waals surface area contributed by atoms with Gasteiger partial charge in [-0.25, -0.2) is 12.7 Å². The van der Waals surface area contributed by atoms with Gasteiger partial charge in [0.05, 0.1) is 11.3 Å². The Kier molecular flexibility index (Phi) is 5.94. The first-order chi connectivity index (χ1) is 10.4. The van der Waals surface area contributed by atoms with Crippen LogP contribution in [0.1, 0.15) is 36.5 Å². The standard InChI is InChI=1S/C14H20BrN3O3S/c1-2-7-22(20,21)18-5-3-13(4-6-18)17-14(19)11-8-12(15)10-16-9-11/h8-10,13H,2-7H2,1H3,(H,17,19). The van der Waals surface area contributed by atoms with Gasteiger partial charge in [0.15, 0.2) is 0 Å². The average molecular weight is 390 g/mol. The zero-order valence-electron chi connectivity index (χ0n) is 12.5. The fraction of sp³-hybridized carbons (Fsp3) is 0.571. The van der Waals surface area contributed by atoms with Crippen molar-refractivity contribution in [2.24, 2.45) is 0 Å². The number of nitrogens with zero attached hydrogens (tertiary/aromatic N) is 2. The Morgan fingerprint density at radius 2 is 2.09 bits per heavy atom. The lowest BCUT2D eigenvalue weighted by atomic mass is 10.1. The van der Waals surface area contributed by atoms with E-state index in [9.17, 15) is 13.2 Å². The van der Waals surface area contributed by atoms with E-state index in [2.05, 4.69) is 26.2 Å². The highest BCUT2D eigenvalue weighted by molar-refractivity contribution is 9.10. The van der Waals surface area contributed by atoms with Crippen LogP contribution in [0, 0.1) is 0 Å². The molecule has 0 radical (unpaired) electrons. The summed E-state index contributed by atoms with van der Waals surface area (Å²) >= 11 is 3.28. The highest BCUT2D eigenvalue weighted by Gasteiger charge is 2.28. The predicted octanol–water partition coefficient (Wildman–Crippen LogP) is 1.78. The minimum Gasteiger partial charge on any atom is -0.349 e. The van der Waals surface area contributed by atoms with Crippen molar-refractivity contribution in [2.45, 2.75) is 32.2 Å². The number of carbonyl (C=O) groups excluding carboxylic acids is 1. The van der Waals surface area contributed by atoms with Crippen LogP contribution in [0.2, 0.25) is 0 Å². The first-order valence-electron chi connectivity index (χ1n) is 7.31. The summed E-state index contributed by atoms with van der Waals surface area (Å²) in [5.41, 5.74) is 0.496. The van der Waals surface area contributed by atoms with E-state index in [1.54, 1.807) is 12.3 Å². The quantitative estimate of drug-likeness (QED) is 0.831. The summed E-state index contributed by atoms with van der Waals surface area (Å²) in [6.45, 7) is 2.78. The third-order valence-electron chi connectivity index (χ3n) is 3.61. The van der Waals surface area contributed by atoms with Gasteiger partial charge in [0.2, 0.25) is 10.0 Å². The van der Waals surface area contributed by atoms with Gasteiger partial charge < -0.3 is 5.32 Å². The largest absolute Gasteiger partial charge is 0.349 e. The topological polar surface area (TPSA) is 79.4 Å². The zero-order chi connectivity index (χ0) is 16.2. The molecule has 122 valence electrons. The third-order valence-corrected chi connectivity index (χ3v) is 6.12. The van der Waals surface area contributed by atoms with E-state index in [-0.39, 0.29) is 17.7 Å². The van der Waals surface area contributed by atoms with Gasteiger partial charge in [0.1, 0.15) is 0 Å². The molecule has 8 heteroatoms. The van der Waals surface area contributed by atoms with E-state index in [0.717, 1.165) is 4.47 Å². The summed E-state index contributed by atoms with van der Waals surface area (Å²) < 4.78 is 26.3. The van der Waals surface area contributed by atoms with Crippen LogP contribution in [0.15, 0.2) is 22.9 Å². The SMILES string of the molecule is CCCS(=O)(=O)N1CCC(NC(=O)c2cncc(Br)c2)CC1. The number of aromatic nitrogens is 1. The third kappa shape index (κ3) is 4.50. The molecule has 0 atom stereocenters. The molecule has 0 saturated carbocycles. The summed E-state index contributed by atoms with van der Waals surface area (Å²) in [6.07, 6.45) is 5.02. The van der Waals surface area contributed by atoms with Gasteiger partial charge in [-0.15, -0.1) is 0 Å². The van der Waals surface area contributed by atoms with Crippen LogP contribution in [0.25, 0.3) is 0 Å². The smallest absolute Gasteiger partial charge is 0.253 e. The number of carbonyl (C=O) groups is 1. The van der Waals surface area contributed by atoms with Crippen LogP contribution in [-0.2, 0) is 10.0 Å². The van der Waals surface area contributed by atoms with Crippen LogP contribution in [0.4, 0.5) is 0 Å². The maximum Gasteiger partial charge on any atom is 0.253 e. The summed E-state index contributed by atoms with van der Waals surface area (Å²) in [4.78, 5) is 16.1. The van der Waals surface area contributed by atoms with Gasteiger partial charge in [0, 0.05) is 36.0 Å². The molecule has 1 N–H and O–H groups in total. The number of halogens is 1. The molecule has 1 aliphatic rings. The number of hydrogen-bond donors (Lipinski definition) is 1. The summed E-state index contributed by atoms with van der Waals surface area (Å²) in [5, 5.41) is 2.95. The number of amides is 1. The maximum absolute atomic E-state index is 12.1. The molecule has 0 aliphatic carbocycles. The van der Waals surface area contributed by atoms with Crippen LogP contribution in [0.5, 0.6) is 0 Å². The Labute approximate surface area is 139 Å². The van der Waals surface area contributed by atoms with Crippen LogP contribution in [-0.4, -0.2) is 48.5 Å². The lowest BCUT2D eigenvalue weighted by Gasteiger charge is -2.31. The molecule has 1 saturated heterocycles. The average Bonchev–Trinajstić information content (AvgIpc) is 2.47. The van der Waals surface area contributed by atoms with Crippen molar-refractivity contribution in [2.75, 3.05) is 18.8 Å². The first-order valence-corrected chi connectivity index (χ1v) is 9.72. The number of nitrogens with one attached hydrogen (secondary N) is 1. The molecule has 2 heterocycles. The highest BCUT2D eigenvalue weighted by Crippen LogP contribution is 2.16. The molecule has 0 unspecified atom stereocenters. The number of pyridine rings is 1. The maximum atomic E-state index is 12.1. The van der Waals surface area contributed by atoms with E-state index in [4.69, 9.17) is 0 Å². The number of piperidine rings is 1. The van der Waals surface area contributed by atoms with Gasteiger partial charge in [-0.05, 0) is 41.3 Å². The molecule has 6 nitrogen and oxygen atoms in total. The molecular formula is C14H20BrN3O3S. The van der Waals surface area contributed by atoms with Crippen molar-refractivity contribution in [1.29, 1.82) is 0 Å². The van der Waals surface area contributed by atoms with Gasteiger partial charge in [-0.2, -0.15) is 0 Å². The van der Waals surface area contributed by atoms with E-state index in [1.165, 1.54) is 10.5 Å². The molecule has 22 heavy (non-hydrogen) atoms. The molecule has 2 rings (SSSR count). The van der Waals surface area contributed by atoms with Gasteiger partial charge in [-0.1, -0.05) is 6.92 Å². The van der Waals surface area contributed by atoms with E-state index >= 15 is 0 Å². The minimum atomic E-state index is -3.14. The van der Waals surface area contributed by atoms with Gasteiger partial charge >= 0.3 is 0 Å². The molecule has 1 amide bonds. The molecule has 0 spiro atoms. The molecule has 1 aliphatic heterocycles. The van der Waals surface area contributed by atoms with E-state index in [1.807, 2.05) is 6.92 Å². The summed E-state index contributed by atoms with van der Waals surface area (Å²) in [5.74, 6) is 0.0111. The monoisotopic (exact) mass is 389 g/mol. The fourth-order valence-electron chi connectivity index (χ4n) is 2.47. The minimum absolute atomic E-state index is 0.000409. The van der Waals surface area contributed by atoms with Crippen molar-refractivity contribution < 1.29 is 13.2 Å². The normalized spacial score (nSPS) is 17.4. The highest BCUT2D eigenvalue weighted by atomic mass is 79.9. The Morgan fingerprint density at radius 3 is 2.68 bits per heavy atom. The Balaban J connectivity index is 1.89. The summed E-state index contributed by atoms with van der Waals surface area (Å²) in [7, 11) is -3.14. The second-order valence-electron chi connectivity index (χ2n) is 5.35. The Bertz CT molecular complexity index is 628. The fourth-order valence-corrected chi connectivity index (χ4v) is 4.38. The molecule has 0 aromatic carbocycles. The van der Waals surface area contributed by atoms with Crippen molar-refractivity contribution in [3.8, 4) is 0 Å². The zero-order valence-corrected chi connectivity index (χ0v) is 14.9.